The zero-order valence-electron chi connectivity index (χ0n) is 14.0. The van der Waals surface area contributed by atoms with Gasteiger partial charge in [-0.25, -0.2) is 0 Å². The van der Waals surface area contributed by atoms with Gasteiger partial charge in [0, 0.05) is 23.0 Å². The van der Waals surface area contributed by atoms with Gasteiger partial charge in [0.15, 0.2) is 0 Å². The van der Waals surface area contributed by atoms with Gasteiger partial charge < -0.3 is 4.98 Å². The Hall–Kier alpha value is -2.09. The van der Waals surface area contributed by atoms with Crippen LogP contribution < -0.4 is 0 Å². The molecule has 0 saturated heterocycles. The smallest absolute Gasteiger partial charge is 0.0777 e. The van der Waals surface area contributed by atoms with Crippen molar-refractivity contribution in [2.45, 2.75) is 37.6 Å². The van der Waals surface area contributed by atoms with E-state index in [0.717, 1.165) is 6.42 Å². The highest BCUT2D eigenvalue weighted by Crippen LogP contribution is 2.57. The molecule has 118 valence electrons. The molecule has 4 rings (SSSR count). The Morgan fingerprint density at radius 2 is 2.13 bits per heavy atom. The molecule has 2 aromatic rings. The van der Waals surface area contributed by atoms with E-state index in [9.17, 15) is 0 Å². The van der Waals surface area contributed by atoms with Crippen LogP contribution in [0.15, 0.2) is 54.2 Å². The Labute approximate surface area is 138 Å². The summed E-state index contributed by atoms with van der Waals surface area (Å²) in [5, 5.41) is 1.39. The van der Waals surface area contributed by atoms with Crippen molar-refractivity contribution in [3.63, 3.8) is 0 Å². The molecule has 23 heavy (non-hydrogen) atoms. The molecular weight excluding hydrogens is 280 g/mol. The molecule has 0 unspecified atom stereocenters. The van der Waals surface area contributed by atoms with Crippen molar-refractivity contribution in [2.24, 2.45) is 16.8 Å². The number of allylic oxidation sites excluding steroid dienone is 1. The first-order valence-corrected chi connectivity index (χ1v) is 8.38. The van der Waals surface area contributed by atoms with E-state index in [0.29, 0.717) is 17.8 Å². The minimum atomic E-state index is 0.0726. The summed E-state index contributed by atoms with van der Waals surface area (Å²) < 4.78 is 0. The van der Waals surface area contributed by atoms with Crippen LogP contribution >= 0.6 is 0 Å². The minimum Gasteiger partial charge on any atom is -0.361 e. The van der Waals surface area contributed by atoms with Gasteiger partial charge in [0.1, 0.15) is 0 Å². The summed E-state index contributed by atoms with van der Waals surface area (Å²) >= 11 is 0. The first-order valence-electron chi connectivity index (χ1n) is 8.38. The van der Waals surface area contributed by atoms with Crippen molar-refractivity contribution in [1.29, 1.82) is 0 Å². The first-order chi connectivity index (χ1) is 11.0. The van der Waals surface area contributed by atoms with Crippen LogP contribution in [-0.2, 0) is 5.41 Å². The maximum absolute atomic E-state index is 4.50. The average molecular weight is 304 g/mol. The molecule has 0 spiro atoms. The zero-order valence-corrected chi connectivity index (χ0v) is 14.0. The number of aromatic amines is 1. The van der Waals surface area contributed by atoms with Gasteiger partial charge in [0.05, 0.1) is 6.04 Å². The molecule has 1 saturated carbocycles. The average Bonchev–Trinajstić information content (AvgIpc) is 2.97. The maximum Gasteiger partial charge on any atom is 0.0777 e. The van der Waals surface area contributed by atoms with Crippen LogP contribution in [0, 0.1) is 11.8 Å². The van der Waals surface area contributed by atoms with E-state index in [1.807, 2.05) is 6.08 Å². The van der Waals surface area contributed by atoms with E-state index in [-0.39, 0.29) is 11.5 Å². The van der Waals surface area contributed by atoms with Crippen molar-refractivity contribution >= 4 is 17.6 Å². The molecule has 1 fully saturated rings. The Kier molecular flexibility index (Phi) is 2.96. The molecule has 0 aliphatic heterocycles. The molecule has 0 bridgehead atoms. The van der Waals surface area contributed by atoms with E-state index < -0.39 is 0 Å². The quantitative estimate of drug-likeness (QED) is 0.598. The van der Waals surface area contributed by atoms with Crippen molar-refractivity contribution in [3.8, 4) is 0 Å². The molecule has 0 amide bonds. The first kappa shape index (κ1) is 14.5. The number of hydrogen-bond donors (Lipinski definition) is 1. The lowest BCUT2D eigenvalue weighted by Gasteiger charge is -2.51. The summed E-state index contributed by atoms with van der Waals surface area (Å²) in [7, 11) is 0. The SMILES string of the molecule is C=C[C@H]1C[C@@H]2[C@H](c3c[nH]c4cccc(c34)C2(C)C)[C@@H](N=C)C1=C. The molecule has 1 N–H and O–H groups in total. The molecule has 2 heteroatoms. The predicted molar refractivity (Wildman–Crippen MR) is 98.3 cm³/mol. The van der Waals surface area contributed by atoms with E-state index >= 15 is 0 Å². The van der Waals surface area contributed by atoms with Crippen LogP contribution in [0.1, 0.15) is 37.3 Å². The Balaban J connectivity index is 2.01. The number of fused-ring (bicyclic) bond motifs is 2. The van der Waals surface area contributed by atoms with Crippen molar-refractivity contribution < 1.29 is 0 Å². The second-order valence-corrected chi connectivity index (χ2v) is 7.61. The molecule has 0 radical (unpaired) electrons. The number of rotatable bonds is 2. The van der Waals surface area contributed by atoms with Gasteiger partial charge >= 0.3 is 0 Å². The highest BCUT2D eigenvalue weighted by atomic mass is 14.8. The minimum absolute atomic E-state index is 0.0726. The second kappa shape index (κ2) is 4.70. The topological polar surface area (TPSA) is 28.1 Å². The van der Waals surface area contributed by atoms with Crippen molar-refractivity contribution in [1.82, 2.24) is 4.98 Å². The summed E-state index contributed by atoms with van der Waals surface area (Å²) in [5.41, 5.74) is 5.33. The molecule has 1 aromatic carbocycles. The van der Waals surface area contributed by atoms with Gasteiger partial charge in [-0.15, -0.1) is 6.58 Å². The molecule has 1 aromatic heterocycles. The lowest BCUT2D eigenvalue weighted by Crippen LogP contribution is -2.46. The number of benzene rings is 1. The fraction of sp³-hybridized carbons (Fsp3) is 0.381. The van der Waals surface area contributed by atoms with Crippen molar-refractivity contribution in [3.05, 3.63) is 60.3 Å². The van der Waals surface area contributed by atoms with Crippen LogP contribution in [0.5, 0.6) is 0 Å². The number of H-pyrrole nitrogens is 1. The van der Waals surface area contributed by atoms with Gasteiger partial charge in [-0.1, -0.05) is 38.6 Å². The lowest BCUT2D eigenvalue weighted by molar-refractivity contribution is 0.187. The maximum atomic E-state index is 4.50. The summed E-state index contributed by atoms with van der Waals surface area (Å²) in [6, 6.07) is 6.69. The summed E-state index contributed by atoms with van der Waals surface area (Å²) in [5.74, 6) is 1.20. The van der Waals surface area contributed by atoms with Crippen LogP contribution in [0.2, 0.25) is 0 Å². The summed E-state index contributed by atoms with van der Waals surface area (Å²) in [6.07, 6.45) is 5.31. The largest absolute Gasteiger partial charge is 0.361 e. The van der Waals surface area contributed by atoms with Gasteiger partial charge in [-0.3, -0.25) is 4.99 Å². The van der Waals surface area contributed by atoms with E-state index in [1.54, 1.807) is 0 Å². The Morgan fingerprint density at radius 1 is 1.35 bits per heavy atom. The number of nitrogens with zero attached hydrogens (tertiary/aromatic N) is 1. The molecule has 4 atom stereocenters. The third-order valence-electron chi connectivity index (χ3n) is 6.34. The Morgan fingerprint density at radius 3 is 2.83 bits per heavy atom. The van der Waals surface area contributed by atoms with E-state index in [1.165, 1.54) is 27.6 Å². The number of hydrogen-bond acceptors (Lipinski definition) is 1. The van der Waals surface area contributed by atoms with Gasteiger partial charge in [-0.2, -0.15) is 0 Å². The lowest BCUT2D eigenvalue weighted by atomic mass is 9.53. The molecule has 2 aliphatic carbocycles. The van der Waals surface area contributed by atoms with Crippen LogP contribution in [0.3, 0.4) is 0 Å². The molecular formula is C21H24N2. The van der Waals surface area contributed by atoms with E-state index in [2.05, 4.69) is 68.1 Å². The van der Waals surface area contributed by atoms with Crippen LogP contribution in [0.4, 0.5) is 0 Å². The third kappa shape index (κ3) is 1.72. The molecule has 1 heterocycles. The third-order valence-corrected chi connectivity index (χ3v) is 6.34. The van der Waals surface area contributed by atoms with Gasteiger partial charge in [0.2, 0.25) is 0 Å². The fourth-order valence-electron chi connectivity index (χ4n) is 5.06. The highest BCUT2D eigenvalue weighted by Gasteiger charge is 2.50. The van der Waals surface area contributed by atoms with Gasteiger partial charge in [0.25, 0.3) is 0 Å². The monoisotopic (exact) mass is 304 g/mol. The Bertz CT molecular complexity index is 823. The number of aromatic nitrogens is 1. The zero-order chi connectivity index (χ0) is 16.4. The van der Waals surface area contributed by atoms with E-state index in [4.69, 9.17) is 0 Å². The predicted octanol–water partition coefficient (Wildman–Crippen LogP) is 4.99. The highest BCUT2D eigenvalue weighted by molar-refractivity contribution is 5.89. The molecule has 2 aliphatic rings. The normalized spacial score (nSPS) is 31.7. The molecule has 2 nitrogen and oxygen atoms in total. The number of nitrogens with one attached hydrogen (secondary N) is 1. The van der Waals surface area contributed by atoms with Crippen LogP contribution in [0.25, 0.3) is 10.9 Å². The van der Waals surface area contributed by atoms with Crippen molar-refractivity contribution in [2.75, 3.05) is 0 Å². The summed E-state index contributed by atoms with van der Waals surface area (Å²) in [4.78, 5) is 7.97. The summed E-state index contributed by atoms with van der Waals surface area (Å²) in [6.45, 7) is 17.0. The van der Waals surface area contributed by atoms with Crippen LogP contribution in [-0.4, -0.2) is 17.7 Å². The second-order valence-electron chi connectivity index (χ2n) is 7.61. The number of aliphatic imine (C=N–C) groups is 1. The van der Waals surface area contributed by atoms with Gasteiger partial charge in [-0.05, 0) is 53.2 Å². The standard InChI is InChI=1S/C21H24N2/c1-6-13-10-16-19(20(22-5)12(13)2)14-11-23-17-9-7-8-15(18(14)17)21(16,3)4/h6-9,11,13,16,19-20,23H,1-2,5,10H2,3-4H3/t13-,16+,19-,20-/m0/s1. The fourth-order valence-corrected chi connectivity index (χ4v) is 5.06.